The first kappa shape index (κ1) is 12.2. The summed E-state index contributed by atoms with van der Waals surface area (Å²) in [5, 5.41) is 13.5. The highest BCUT2D eigenvalue weighted by Gasteiger charge is 2.15. The standard InChI is InChI=1S/C11H13FN2O2/c1-8(15)13-11(7-14(2)16)9-3-5-10(12)6-4-9/h3-6,11H,2,7H2,1H3,(H,13,15). The molecule has 0 radical (unpaired) electrons. The fourth-order valence-electron chi connectivity index (χ4n) is 1.38. The van der Waals surface area contributed by atoms with Gasteiger partial charge in [0.15, 0.2) is 6.54 Å². The highest BCUT2D eigenvalue weighted by Crippen LogP contribution is 2.13. The van der Waals surface area contributed by atoms with Crippen molar-refractivity contribution in [2.75, 3.05) is 6.54 Å². The van der Waals surface area contributed by atoms with Gasteiger partial charge < -0.3 is 10.5 Å². The third-order valence-corrected chi connectivity index (χ3v) is 2.04. The Balaban J connectivity index is 2.86. The predicted molar refractivity (Wildman–Crippen MR) is 58.6 cm³/mol. The number of hydroxylamine groups is 1. The van der Waals surface area contributed by atoms with Crippen LogP contribution >= 0.6 is 0 Å². The zero-order valence-corrected chi connectivity index (χ0v) is 8.94. The van der Waals surface area contributed by atoms with Crippen molar-refractivity contribution in [2.45, 2.75) is 13.0 Å². The molecule has 0 aliphatic carbocycles. The second-order valence-corrected chi connectivity index (χ2v) is 3.47. The van der Waals surface area contributed by atoms with Gasteiger partial charge in [-0.05, 0) is 17.7 Å². The van der Waals surface area contributed by atoms with Crippen molar-refractivity contribution in [1.29, 1.82) is 0 Å². The number of nitrogens with zero attached hydrogens (tertiary/aromatic N) is 1. The van der Waals surface area contributed by atoms with E-state index in [1.165, 1.54) is 31.2 Å². The van der Waals surface area contributed by atoms with Crippen LogP contribution in [0.5, 0.6) is 0 Å². The van der Waals surface area contributed by atoms with Crippen LogP contribution in [0.15, 0.2) is 24.3 Å². The predicted octanol–water partition coefficient (Wildman–Crippen LogP) is 1.21. The van der Waals surface area contributed by atoms with Crippen LogP contribution in [0, 0.1) is 11.0 Å². The monoisotopic (exact) mass is 224 g/mol. The van der Waals surface area contributed by atoms with E-state index in [2.05, 4.69) is 12.0 Å². The van der Waals surface area contributed by atoms with Crippen LogP contribution in [-0.2, 0) is 4.79 Å². The number of hydrogen-bond acceptors (Lipinski definition) is 2. The van der Waals surface area contributed by atoms with Gasteiger partial charge in [-0.1, -0.05) is 12.1 Å². The number of rotatable bonds is 4. The van der Waals surface area contributed by atoms with Gasteiger partial charge in [0.05, 0.1) is 0 Å². The second-order valence-electron chi connectivity index (χ2n) is 3.47. The van der Waals surface area contributed by atoms with Gasteiger partial charge in [-0.15, -0.1) is 0 Å². The van der Waals surface area contributed by atoms with Gasteiger partial charge in [-0.25, -0.2) is 9.13 Å². The van der Waals surface area contributed by atoms with Crippen molar-refractivity contribution in [1.82, 2.24) is 5.32 Å². The number of benzene rings is 1. The SMILES string of the molecule is C=[N+]([O-])CC(NC(C)=O)c1ccc(F)cc1. The highest BCUT2D eigenvalue weighted by molar-refractivity contribution is 5.73. The van der Waals surface area contributed by atoms with Crippen LogP contribution in [0.2, 0.25) is 0 Å². The lowest BCUT2D eigenvalue weighted by Crippen LogP contribution is -2.31. The van der Waals surface area contributed by atoms with Crippen LogP contribution < -0.4 is 5.32 Å². The van der Waals surface area contributed by atoms with Crippen molar-refractivity contribution >= 4 is 12.6 Å². The first-order valence-electron chi connectivity index (χ1n) is 4.77. The molecule has 0 saturated heterocycles. The largest absolute Gasteiger partial charge is 0.624 e. The molecule has 0 bridgehead atoms. The Kier molecular flexibility index (Phi) is 3.99. The fraction of sp³-hybridized carbons (Fsp3) is 0.273. The molecule has 1 N–H and O–H groups in total. The molecule has 5 heteroatoms. The Morgan fingerprint density at radius 1 is 1.56 bits per heavy atom. The van der Waals surface area contributed by atoms with E-state index in [1.54, 1.807) is 0 Å². The molecule has 1 rings (SSSR count). The number of amides is 1. The molecular weight excluding hydrogens is 211 g/mol. The summed E-state index contributed by atoms with van der Waals surface area (Å²) in [5.74, 6) is -0.616. The molecule has 4 nitrogen and oxygen atoms in total. The molecule has 1 amide bonds. The molecule has 1 atom stereocenters. The minimum absolute atomic E-state index is 0.0191. The summed E-state index contributed by atoms with van der Waals surface area (Å²) in [4.78, 5) is 10.9. The summed E-state index contributed by atoms with van der Waals surface area (Å²) < 4.78 is 13.2. The normalized spacial score (nSPS) is 11.9. The molecule has 0 heterocycles. The summed E-state index contributed by atoms with van der Waals surface area (Å²) in [7, 11) is 0. The Morgan fingerprint density at radius 3 is 2.56 bits per heavy atom. The number of carbonyl (C=O) groups is 1. The van der Waals surface area contributed by atoms with Crippen molar-refractivity contribution in [3.8, 4) is 0 Å². The average molecular weight is 224 g/mol. The maximum absolute atomic E-state index is 12.7. The minimum atomic E-state index is -0.479. The topological polar surface area (TPSA) is 55.2 Å². The number of nitrogens with one attached hydrogen (secondary N) is 1. The van der Waals surface area contributed by atoms with Crippen LogP contribution in [0.4, 0.5) is 4.39 Å². The molecule has 0 fully saturated rings. The van der Waals surface area contributed by atoms with Crippen molar-refractivity contribution in [2.24, 2.45) is 0 Å². The third kappa shape index (κ3) is 3.68. The van der Waals surface area contributed by atoms with Gasteiger partial charge in [0, 0.05) is 6.92 Å². The van der Waals surface area contributed by atoms with Crippen LogP contribution in [0.1, 0.15) is 18.5 Å². The van der Waals surface area contributed by atoms with Gasteiger partial charge in [0.2, 0.25) is 5.91 Å². The third-order valence-electron chi connectivity index (χ3n) is 2.04. The summed E-state index contributed by atoms with van der Waals surface area (Å²) in [5.41, 5.74) is 0.668. The average Bonchev–Trinajstić information content (AvgIpc) is 2.16. The Bertz CT molecular complexity index is 373. The summed E-state index contributed by atoms with van der Waals surface area (Å²) in [6.07, 6.45) is 0. The lowest BCUT2D eigenvalue weighted by atomic mass is 10.1. The fourth-order valence-corrected chi connectivity index (χ4v) is 1.38. The maximum Gasteiger partial charge on any atom is 0.217 e. The number of hydrogen-bond donors (Lipinski definition) is 1. The van der Waals surface area contributed by atoms with E-state index in [-0.39, 0.29) is 18.3 Å². The molecule has 0 saturated carbocycles. The Morgan fingerprint density at radius 2 is 2.12 bits per heavy atom. The minimum Gasteiger partial charge on any atom is -0.624 e. The van der Waals surface area contributed by atoms with Gasteiger partial charge in [0.25, 0.3) is 0 Å². The van der Waals surface area contributed by atoms with E-state index < -0.39 is 6.04 Å². The van der Waals surface area contributed by atoms with Gasteiger partial charge in [-0.2, -0.15) is 0 Å². The van der Waals surface area contributed by atoms with Crippen LogP contribution in [-0.4, -0.2) is 23.9 Å². The van der Waals surface area contributed by atoms with E-state index in [9.17, 15) is 14.4 Å². The zero-order chi connectivity index (χ0) is 12.1. The van der Waals surface area contributed by atoms with Crippen molar-refractivity contribution in [3.05, 3.63) is 40.9 Å². The Hall–Kier alpha value is -1.91. The quantitative estimate of drug-likeness (QED) is 0.362. The molecule has 0 aliphatic heterocycles. The summed E-state index contributed by atoms with van der Waals surface area (Å²) >= 11 is 0. The Labute approximate surface area is 93.0 Å². The maximum atomic E-state index is 12.7. The van der Waals surface area contributed by atoms with Gasteiger partial charge in [0.1, 0.15) is 18.6 Å². The highest BCUT2D eigenvalue weighted by atomic mass is 19.1. The van der Waals surface area contributed by atoms with E-state index in [1.807, 2.05) is 0 Å². The molecule has 86 valence electrons. The lowest BCUT2D eigenvalue weighted by Gasteiger charge is -2.16. The summed E-state index contributed by atoms with van der Waals surface area (Å²) in [6, 6.07) is 5.14. The molecule has 1 aromatic rings. The molecule has 0 aliphatic rings. The lowest BCUT2D eigenvalue weighted by molar-refractivity contribution is -0.453. The molecular formula is C11H13FN2O2. The first-order valence-corrected chi connectivity index (χ1v) is 4.77. The molecule has 16 heavy (non-hydrogen) atoms. The van der Waals surface area contributed by atoms with E-state index in [4.69, 9.17) is 0 Å². The van der Waals surface area contributed by atoms with Crippen molar-refractivity contribution in [3.63, 3.8) is 0 Å². The number of halogens is 1. The van der Waals surface area contributed by atoms with Crippen LogP contribution in [0.3, 0.4) is 0 Å². The van der Waals surface area contributed by atoms with E-state index in [0.29, 0.717) is 10.3 Å². The number of carbonyl (C=O) groups excluding carboxylic acids is 1. The molecule has 0 spiro atoms. The van der Waals surface area contributed by atoms with Gasteiger partial charge in [-0.3, -0.25) is 4.79 Å². The van der Waals surface area contributed by atoms with E-state index in [0.717, 1.165) is 0 Å². The first-order chi connectivity index (χ1) is 7.49. The van der Waals surface area contributed by atoms with Gasteiger partial charge >= 0.3 is 0 Å². The van der Waals surface area contributed by atoms with E-state index >= 15 is 0 Å². The molecule has 1 unspecified atom stereocenters. The molecule has 0 aromatic heterocycles. The zero-order valence-electron chi connectivity index (χ0n) is 8.94. The van der Waals surface area contributed by atoms with Crippen LogP contribution in [0.25, 0.3) is 0 Å². The summed E-state index contributed by atoms with van der Waals surface area (Å²) in [6.45, 7) is 4.56. The second kappa shape index (κ2) is 5.25. The van der Waals surface area contributed by atoms with Crippen molar-refractivity contribution < 1.29 is 13.9 Å². The molecule has 1 aromatic carbocycles. The smallest absolute Gasteiger partial charge is 0.217 e.